The molecule has 0 spiro atoms. The van der Waals surface area contributed by atoms with Gasteiger partial charge in [-0.1, -0.05) is 26.0 Å². The fourth-order valence-corrected chi connectivity index (χ4v) is 1.72. The summed E-state index contributed by atoms with van der Waals surface area (Å²) >= 11 is 0. The van der Waals surface area contributed by atoms with Crippen molar-refractivity contribution >= 4 is 17.0 Å². The number of carboxylic acids is 1. The lowest BCUT2D eigenvalue weighted by Gasteiger charge is -2.27. The van der Waals surface area contributed by atoms with E-state index >= 15 is 0 Å². The van der Waals surface area contributed by atoms with Crippen molar-refractivity contribution in [3.05, 3.63) is 23.8 Å². The largest absolute Gasteiger partial charge is 0.478 e. The minimum atomic E-state index is -0.937. The second-order valence-corrected chi connectivity index (χ2v) is 5.58. The van der Waals surface area contributed by atoms with Crippen LogP contribution in [-0.4, -0.2) is 26.1 Å². The number of rotatable bonds is 2. The van der Waals surface area contributed by atoms with Crippen molar-refractivity contribution in [1.82, 2.24) is 15.0 Å². The van der Waals surface area contributed by atoms with Gasteiger partial charge in [0, 0.05) is 0 Å². The molecule has 0 bridgehead atoms. The van der Waals surface area contributed by atoms with E-state index in [0.717, 1.165) is 11.0 Å². The molecule has 1 aromatic carbocycles. The van der Waals surface area contributed by atoms with Gasteiger partial charge in [-0.25, -0.2) is 9.48 Å². The Balaban J connectivity index is 2.59. The lowest BCUT2D eigenvalue weighted by Crippen LogP contribution is -2.22. The van der Waals surface area contributed by atoms with Crippen molar-refractivity contribution in [3.8, 4) is 0 Å². The number of fused-ring (bicyclic) bond motifs is 1. The molecule has 1 aromatic heterocycles. The zero-order valence-corrected chi connectivity index (χ0v) is 11.0. The summed E-state index contributed by atoms with van der Waals surface area (Å²) in [4.78, 5) is 11.0. The van der Waals surface area contributed by atoms with Gasteiger partial charge in [0.25, 0.3) is 0 Å². The molecule has 0 saturated carbocycles. The summed E-state index contributed by atoms with van der Waals surface area (Å²) in [5.74, 6) is -0.937. The summed E-state index contributed by atoms with van der Waals surface area (Å²) < 4.78 is 1.79. The molecule has 2 aromatic rings. The van der Waals surface area contributed by atoms with Gasteiger partial charge in [-0.3, -0.25) is 0 Å². The lowest BCUT2D eigenvalue weighted by molar-refractivity contribution is 0.0697. The van der Waals surface area contributed by atoms with Gasteiger partial charge in [-0.15, -0.1) is 5.10 Å². The van der Waals surface area contributed by atoms with E-state index in [-0.39, 0.29) is 17.0 Å². The van der Waals surface area contributed by atoms with Crippen LogP contribution in [0.15, 0.2) is 18.2 Å². The molecule has 0 amide bonds. The third kappa shape index (κ3) is 2.08. The van der Waals surface area contributed by atoms with Crippen LogP contribution < -0.4 is 0 Å². The van der Waals surface area contributed by atoms with Crippen LogP contribution in [0.3, 0.4) is 0 Å². The van der Waals surface area contributed by atoms with Crippen LogP contribution in [0, 0.1) is 5.41 Å². The Hall–Kier alpha value is -1.91. The topological polar surface area (TPSA) is 68.0 Å². The number of hydrogen-bond acceptors (Lipinski definition) is 3. The van der Waals surface area contributed by atoms with Gasteiger partial charge in [0.1, 0.15) is 5.52 Å². The Kier molecular flexibility index (Phi) is 2.84. The fraction of sp³-hybridized carbons (Fsp3) is 0.462. The zero-order chi connectivity index (χ0) is 13.5. The Morgan fingerprint density at radius 1 is 1.39 bits per heavy atom. The maximum absolute atomic E-state index is 11.0. The van der Waals surface area contributed by atoms with E-state index in [9.17, 15) is 4.79 Å². The first-order valence-corrected chi connectivity index (χ1v) is 5.89. The molecular formula is C13H17N3O2. The number of carboxylic acid groups (broad SMARTS) is 1. The van der Waals surface area contributed by atoms with Crippen molar-refractivity contribution in [2.75, 3.05) is 0 Å². The first kappa shape index (κ1) is 12.5. The van der Waals surface area contributed by atoms with E-state index in [4.69, 9.17) is 5.11 Å². The summed E-state index contributed by atoms with van der Waals surface area (Å²) in [7, 11) is 0. The van der Waals surface area contributed by atoms with Crippen LogP contribution in [0.5, 0.6) is 0 Å². The first-order valence-electron chi connectivity index (χ1n) is 5.89. The molecule has 0 radical (unpaired) electrons. The molecule has 1 heterocycles. The SMILES string of the molecule is CC(n1nnc2ccc(C(=O)O)cc21)C(C)(C)C. The second-order valence-electron chi connectivity index (χ2n) is 5.58. The molecule has 0 saturated heterocycles. The van der Waals surface area contributed by atoms with Crippen molar-refractivity contribution < 1.29 is 9.90 Å². The fourth-order valence-electron chi connectivity index (χ4n) is 1.72. The summed E-state index contributed by atoms with van der Waals surface area (Å²) in [5, 5.41) is 17.2. The summed E-state index contributed by atoms with van der Waals surface area (Å²) in [6.07, 6.45) is 0. The smallest absolute Gasteiger partial charge is 0.335 e. The molecular weight excluding hydrogens is 230 g/mol. The third-order valence-corrected chi connectivity index (χ3v) is 3.34. The molecule has 1 unspecified atom stereocenters. The van der Waals surface area contributed by atoms with Crippen LogP contribution >= 0.6 is 0 Å². The van der Waals surface area contributed by atoms with Gasteiger partial charge in [-0.05, 0) is 30.5 Å². The van der Waals surface area contributed by atoms with Crippen LogP contribution in [0.2, 0.25) is 0 Å². The molecule has 96 valence electrons. The average Bonchev–Trinajstić information content (AvgIpc) is 2.68. The highest BCUT2D eigenvalue weighted by Gasteiger charge is 2.24. The van der Waals surface area contributed by atoms with Crippen LogP contribution in [0.25, 0.3) is 11.0 Å². The normalized spacial score (nSPS) is 13.8. The minimum Gasteiger partial charge on any atom is -0.478 e. The summed E-state index contributed by atoms with van der Waals surface area (Å²) in [5.41, 5.74) is 1.76. The van der Waals surface area contributed by atoms with Gasteiger partial charge in [-0.2, -0.15) is 0 Å². The Morgan fingerprint density at radius 3 is 2.61 bits per heavy atom. The summed E-state index contributed by atoms with van der Waals surface area (Å²) in [6, 6.07) is 5.00. The van der Waals surface area contributed by atoms with Crippen molar-refractivity contribution in [2.24, 2.45) is 5.41 Å². The number of benzene rings is 1. The van der Waals surface area contributed by atoms with E-state index < -0.39 is 5.97 Å². The Labute approximate surface area is 105 Å². The molecule has 5 nitrogen and oxygen atoms in total. The first-order chi connectivity index (χ1) is 8.30. The van der Waals surface area contributed by atoms with Gasteiger partial charge in [0.15, 0.2) is 0 Å². The maximum atomic E-state index is 11.0. The zero-order valence-electron chi connectivity index (χ0n) is 11.0. The predicted molar refractivity (Wildman–Crippen MR) is 68.7 cm³/mol. The van der Waals surface area contributed by atoms with Crippen LogP contribution in [0.1, 0.15) is 44.1 Å². The highest BCUT2D eigenvalue weighted by atomic mass is 16.4. The van der Waals surface area contributed by atoms with E-state index in [1.807, 2.05) is 0 Å². The average molecular weight is 247 g/mol. The summed E-state index contributed by atoms with van der Waals surface area (Å²) in [6.45, 7) is 8.41. The second kappa shape index (κ2) is 4.08. The van der Waals surface area contributed by atoms with Gasteiger partial charge >= 0.3 is 5.97 Å². The van der Waals surface area contributed by atoms with Crippen molar-refractivity contribution in [2.45, 2.75) is 33.7 Å². The number of nitrogens with zero attached hydrogens (tertiary/aromatic N) is 3. The van der Waals surface area contributed by atoms with E-state index in [0.29, 0.717) is 0 Å². The van der Waals surface area contributed by atoms with Gasteiger partial charge in [0.05, 0.1) is 17.1 Å². The van der Waals surface area contributed by atoms with Gasteiger partial charge < -0.3 is 5.11 Å². The molecule has 1 atom stereocenters. The number of aromatic carboxylic acids is 1. The monoisotopic (exact) mass is 247 g/mol. The van der Waals surface area contributed by atoms with Crippen LogP contribution in [0.4, 0.5) is 0 Å². The molecule has 0 fully saturated rings. The van der Waals surface area contributed by atoms with Crippen molar-refractivity contribution in [1.29, 1.82) is 0 Å². The lowest BCUT2D eigenvalue weighted by atomic mass is 9.88. The minimum absolute atomic E-state index is 0.0276. The third-order valence-electron chi connectivity index (χ3n) is 3.34. The van der Waals surface area contributed by atoms with E-state index in [2.05, 4.69) is 38.0 Å². The number of hydrogen-bond donors (Lipinski definition) is 1. The van der Waals surface area contributed by atoms with E-state index in [1.165, 1.54) is 0 Å². The molecule has 0 aliphatic heterocycles. The van der Waals surface area contributed by atoms with Crippen molar-refractivity contribution in [3.63, 3.8) is 0 Å². The molecule has 2 rings (SSSR count). The standard InChI is InChI=1S/C13H17N3O2/c1-8(13(2,3)4)16-11-7-9(12(17)18)5-6-10(11)14-15-16/h5-8H,1-4H3,(H,17,18). The number of carbonyl (C=O) groups is 1. The molecule has 5 heteroatoms. The predicted octanol–water partition coefficient (Wildman–Crippen LogP) is 2.74. The highest BCUT2D eigenvalue weighted by Crippen LogP contribution is 2.31. The van der Waals surface area contributed by atoms with Crippen LogP contribution in [-0.2, 0) is 0 Å². The molecule has 0 aliphatic carbocycles. The molecule has 18 heavy (non-hydrogen) atoms. The number of aromatic nitrogens is 3. The molecule has 1 N–H and O–H groups in total. The maximum Gasteiger partial charge on any atom is 0.335 e. The highest BCUT2D eigenvalue weighted by molar-refractivity contribution is 5.92. The van der Waals surface area contributed by atoms with Gasteiger partial charge in [0.2, 0.25) is 0 Å². The quantitative estimate of drug-likeness (QED) is 0.886. The van der Waals surface area contributed by atoms with E-state index in [1.54, 1.807) is 22.9 Å². The Morgan fingerprint density at radius 2 is 2.06 bits per heavy atom. The molecule has 0 aliphatic rings. The Bertz CT molecular complexity index is 596.